The molecular formula is C14H16FN3O. The van der Waals surface area contributed by atoms with Crippen LogP contribution in [0.1, 0.15) is 24.3 Å². The summed E-state index contributed by atoms with van der Waals surface area (Å²) in [5.41, 5.74) is 1.50. The average molecular weight is 261 g/mol. The van der Waals surface area contributed by atoms with Crippen LogP contribution in [-0.2, 0) is 0 Å². The van der Waals surface area contributed by atoms with Crippen molar-refractivity contribution in [2.75, 3.05) is 5.32 Å². The van der Waals surface area contributed by atoms with E-state index in [0.29, 0.717) is 11.5 Å². The van der Waals surface area contributed by atoms with E-state index in [0.717, 1.165) is 5.69 Å². The van der Waals surface area contributed by atoms with Crippen molar-refractivity contribution in [1.29, 1.82) is 0 Å². The number of nitrogens with one attached hydrogen (secondary N) is 1. The molecule has 2 N–H and O–H groups in total. The number of aromatic nitrogens is 2. The minimum atomic E-state index is -0.760. The summed E-state index contributed by atoms with van der Waals surface area (Å²) < 4.78 is 12.8. The second-order valence-electron chi connectivity index (χ2n) is 4.45. The second-order valence-corrected chi connectivity index (χ2v) is 4.45. The van der Waals surface area contributed by atoms with Crippen molar-refractivity contribution in [2.24, 2.45) is 0 Å². The van der Waals surface area contributed by atoms with Crippen LogP contribution in [0, 0.1) is 12.7 Å². The highest BCUT2D eigenvalue weighted by Gasteiger charge is 2.17. The highest BCUT2D eigenvalue weighted by Crippen LogP contribution is 2.19. The second kappa shape index (κ2) is 5.75. The Hall–Kier alpha value is -2.01. The van der Waals surface area contributed by atoms with E-state index in [1.807, 2.05) is 13.8 Å². The SMILES string of the molecule is Cc1ccnc(NC(C)C(O)c2ccc(F)cc2)n1. The van der Waals surface area contributed by atoms with Crippen molar-refractivity contribution in [3.05, 3.63) is 53.6 Å². The summed E-state index contributed by atoms with van der Waals surface area (Å²) in [7, 11) is 0. The number of nitrogens with zero attached hydrogens (tertiary/aromatic N) is 2. The zero-order valence-corrected chi connectivity index (χ0v) is 10.8. The third-order valence-corrected chi connectivity index (χ3v) is 2.84. The van der Waals surface area contributed by atoms with Gasteiger partial charge in [-0.15, -0.1) is 0 Å². The van der Waals surface area contributed by atoms with E-state index in [-0.39, 0.29) is 11.9 Å². The van der Waals surface area contributed by atoms with Gasteiger partial charge in [0.15, 0.2) is 0 Å². The lowest BCUT2D eigenvalue weighted by Crippen LogP contribution is -2.25. The van der Waals surface area contributed by atoms with Crippen LogP contribution in [0.25, 0.3) is 0 Å². The molecule has 0 spiro atoms. The van der Waals surface area contributed by atoms with Gasteiger partial charge in [-0.05, 0) is 37.6 Å². The molecule has 1 heterocycles. The number of hydrogen-bond acceptors (Lipinski definition) is 4. The van der Waals surface area contributed by atoms with Crippen molar-refractivity contribution >= 4 is 5.95 Å². The molecule has 19 heavy (non-hydrogen) atoms. The lowest BCUT2D eigenvalue weighted by atomic mass is 10.0. The van der Waals surface area contributed by atoms with Crippen molar-refractivity contribution in [3.63, 3.8) is 0 Å². The van der Waals surface area contributed by atoms with Crippen LogP contribution in [0.15, 0.2) is 36.5 Å². The molecule has 0 bridgehead atoms. The first kappa shape index (κ1) is 13.4. The molecule has 2 aromatic rings. The Morgan fingerprint density at radius 1 is 1.21 bits per heavy atom. The van der Waals surface area contributed by atoms with Gasteiger partial charge >= 0.3 is 0 Å². The minimum absolute atomic E-state index is 0.285. The van der Waals surface area contributed by atoms with E-state index in [1.54, 1.807) is 24.4 Å². The molecule has 2 atom stereocenters. The van der Waals surface area contributed by atoms with E-state index in [1.165, 1.54) is 12.1 Å². The van der Waals surface area contributed by atoms with E-state index < -0.39 is 6.10 Å². The molecule has 0 radical (unpaired) electrons. The molecule has 0 aliphatic rings. The summed E-state index contributed by atoms with van der Waals surface area (Å²) in [4.78, 5) is 8.29. The van der Waals surface area contributed by atoms with Crippen LogP contribution in [0.4, 0.5) is 10.3 Å². The molecule has 4 nitrogen and oxygen atoms in total. The van der Waals surface area contributed by atoms with E-state index in [9.17, 15) is 9.50 Å². The van der Waals surface area contributed by atoms with Gasteiger partial charge in [-0.1, -0.05) is 12.1 Å². The Labute approximate surface area is 111 Å². The van der Waals surface area contributed by atoms with Gasteiger partial charge in [0, 0.05) is 11.9 Å². The fraction of sp³-hybridized carbons (Fsp3) is 0.286. The predicted octanol–water partition coefficient (Wildman–Crippen LogP) is 2.46. The first-order valence-corrected chi connectivity index (χ1v) is 6.06. The largest absolute Gasteiger partial charge is 0.386 e. The molecule has 0 fully saturated rings. The van der Waals surface area contributed by atoms with Crippen LogP contribution in [0.2, 0.25) is 0 Å². The smallest absolute Gasteiger partial charge is 0.223 e. The standard InChI is InChI=1S/C14H16FN3O/c1-9-7-8-16-14(17-9)18-10(2)13(19)11-3-5-12(15)6-4-11/h3-8,10,13,19H,1-2H3,(H,16,17,18). The highest BCUT2D eigenvalue weighted by molar-refractivity contribution is 5.29. The first-order valence-electron chi connectivity index (χ1n) is 6.06. The van der Waals surface area contributed by atoms with Crippen molar-refractivity contribution < 1.29 is 9.50 Å². The maximum atomic E-state index is 12.8. The number of aliphatic hydroxyl groups is 1. The van der Waals surface area contributed by atoms with Gasteiger partial charge in [0.25, 0.3) is 0 Å². The van der Waals surface area contributed by atoms with E-state index >= 15 is 0 Å². The van der Waals surface area contributed by atoms with Crippen LogP contribution in [0.3, 0.4) is 0 Å². The molecule has 1 aromatic heterocycles. The topological polar surface area (TPSA) is 58.0 Å². The number of rotatable bonds is 4. The average Bonchev–Trinajstić information content (AvgIpc) is 2.39. The Morgan fingerprint density at radius 3 is 2.53 bits per heavy atom. The van der Waals surface area contributed by atoms with Gasteiger partial charge in [0.05, 0.1) is 12.1 Å². The summed E-state index contributed by atoms with van der Waals surface area (Å²) in [5, 5.41) is 13.2. The van der Waals surface area contributed by atoms with Crippen molar-refractivity contribution in [1.82, 2.24) is 9.97 Å². The van der Waals surface area contributed by atoms with Gasteiger partial charge in [-0.25, -0.2) is 14.4 Å². The fourth-order valence-electron chi connectivity index (χ4n) is 1.75. The summed E-state index contributed by atoms with van der Waals surface area (Å²) in [6.07, 6.45) is 0.895. The fourth-order valence-corrected chi connectivity index (χ4v) is 1.75. The quantitative estimate of drug-likeness (QED) is 0.887. The van der Waals surface area contributed by atoms with Gasteiger partial charge in [0.1, 0.15) is 5.82 Å². The van der Waals surface area contributed by atoms with Gasteiger partial charge in [0.2, 0.25) is 5.95 Å². The lowest BCUT2D eigenvalue weighted by molar-refractivity contribution is 0.160. The Morgan fingerprint density at radius 2 is 1.89 bits per heavy atom. The zero-order chi connectivity index (χ0) is 13.8. The van der Waals surface area contributed by atoms with Crippen LogP contribution < -0.4 is 5.32 Å². The molecule has 0 saturated carbocycles. The Balaban J connectivity index is 2.07. The van der Waals surface area contributed by atoms with Gasteiger partial charge < -0.3 is 10.4 Å². The molecule has 2 rings (SSSR count). The van der Waals surface area contributed by atoms with E-state index in [2.05, 4.69) is 15.3 Å². The van der Waals surface area contributed by atoms with Crippen LogP contribution in [-0.4, -0.2) is 21.1 Å². The maximum Gasteiger partial charge on any atom is 0.223 e. The van der Waals surface area contributed by atoms with Gasteiger partial charge in [-0.3, -0.25) is 0 Å². The minimum Gasteiger partial charge on any atom is -0.386 e. The zero-order valence-electron chi connectivity index (χ0n) is 10.8. The number of aryl methyl sites for hydroxylation is 1. The van der Waals surface area contributed by atoms with Gasteiger partial charge in [-0.2, -0.15) is 0 Å². The highest BCUT2D eigenvalue weighted by atomic mass is 19.1. The van der Waals surface area contributed by atoms with E-state index in [4.69, 9.17) is 0 Å². The summed E-state index contributed by atoms with van der Waals surface area (Å²) >= 11 is 0. The predicted molar refractivity (Wildman–Crippen MR) is 71.2 cm³/mol. The number of hydrogen-bond donors (Lipinski definition) is 2. The number of benzene rings is 1. The third kappa shape index (κ3) is 3.48. The molecule has 0 saturated heterocycles. The lowest BCUT2D eigenvalue weighted by Gasteiger charge is -2.20. The third-order valence-electron chi connectivity index (χ3n) is 2.84. The normalized spacial score (nSPS) is 13.9. The summed E-state index contributed by atoms with van der Waals surface area (Å²) in [5.74, 6) is 0.146. The molecular weight excluding hydrogens is 245 g/mol. The number of halogens is 1. The Bertz CT molecular complexity index is 545. The number of aliphatic hydroxyl groups excluding tert-OH is 1. The molecule has 0 aliphatic heterocycles. The monoisotopic (exact) mass is 261 g/mol. The maximum absolute atomic E-state index is 12.8. The summed E-state index contributed by atoms with van der Waals surface area (Å²) in [6.45, 7) is 3.69. The van der Waals surface area contributed by atoms with Crippen LogP contribution in [0.5, 0.6) is 0 Å². The molecule has 100 valence electrons. The van der Waals surface area contributed by atoms with Crippen LogP contribution >= 0.6 is 0 Å². The molecule has 1 aromatic carbocycles. The Kier molecular flexibility index (Phi) is 4.06. The van der Waals surface area contributed by atoms with Crippen molar-refractivity contribution in [2.45, 2.75) is 26.0 Å². The molecule has 0 amide bonds. The molecule has 2 unspecified atom stereocenters. The number of anilines is 1. The molecule has 0 aliphatic carbocycles. The first-order chi connectivity index (χ1) is 9.06. The van der Waals surface area contributed by atoms with Crippen molar-refractivity contribution in [3.8, 4) is 0 Å². The molecule has 5 heteroatoms. The summed E-state index contributed by atoms with van der Waals surface area (Å²) in [6, 6.07) is 7.30.